The maximum atomic E-state index is 9.65. The van der Waals surface area contributed by atoms with Gasteiger partial charge in [0.1, 0.15) is 16.7 Å². The van der Waals surface area contributed by atoms with Gasteiger partial charge in [-0.2, -0.15) is 0 Å². The van der Waals surface area contributed by atoms with Crippen LogP contribution in [0.5, 0.6) is 11.5 Å². The number of rotatable bonds is 3. The van der Waals surface area contributed by atoms with Crippen LogP contribution in [0.4, 0.5) is 11.4 Å². The summed E-state index contributed by atoms with van der Waals surface area (Å²) >= 11 is 5.85. The normalized spacial score (nSPS) is 10.6. The molecule has 0 unspecified atom stereocenters. The Kier molecular flexibility index (Phi) is 3.50. The Morgan fingerprint density at radius 3 is 2.76 bits per heavy atom. The van der Waals surface area contributed by atoms with Gasteiger partial charge in [0.2, 0.25) is 0 Å². The van der Waals surface area contributed by atoms with Crippen LogP contribution in [0.3, 0.4) is 0 Å². The fourth-order valence-corrected chi connectivity index (χ4v) is 2.15. The van der Waals surface area contributed by atoms with Gasteiger partial charge in [0.15, 0.2) is 0 Å². The number of nitrogens with one attached hydrogen (secondary N) is 1. The van der Waals surface area contributed by atoms with Crippen LogP contribution in [0, 0.1) is 0 Å². The number of anilines is 2. The summed E-state index contributed by atoms with van der Waals surface area (Å²) in [6.07, 6.45) is 1.51. The SMILES string of the molecule is COc1cc(O)cc(Nc2ccc3ncc(Cl)nc3c2)c1. The third-order valence-electron chi connectivity index (χ3n) is 2.93. The van der Waals surface area contributed by atoms with Crippen molar-refractivity contribution in [2.75, 3.05) is 12.4 Å². The van der Waals surface area contributed by atoms with E-state index in [1.807, 2.05) is 18.2 Å². The van der Waals surface area contributed by atoms with Crippen molar-refractivity contribution in [3.8, 4) is 11.5 Å². The first kappa shape index (κ1) is 13.5. The molecule has 0 spiro atoms. The third kappa shape index (κ3) is 2.98. The van der Waals surface area contributed by atoms with Crippen LogP contribution in [0.1, 0.15) is 0 Å². The van der Waals surface area contributed by atoms with Crippen LogP contribution in [0.25, 0.3) is 11.0 Å². The van der Waals surface area contributed by atoms with Gasteiger partial charge in [-0.05, 0) is 18.2 Å². The Morgan fingerprint density at radius 2 is 1.95 bits per heavy atom. The standard InChI is InChI=1S/C15H12ClN3O2/c1-21-12-5-10(4-11(20)7-12)18-9-2-3-13-14(6-9)19-15(16)8-17-13/h2-8,18,20H,1H3. The van der Waals surface area contributed by atoms with E-state index in [1.165, 1.54) is 12.3 Å². The second-order valence-electron chi connectivity index (χ2n) is 4.44. The Morgan fingerprint density at radius 1 is 1.10 bits per heavy atom. The van der Waals surface area contributed by atoms with Crippen LogP contribution in [0.2, 0.25) is 5.15 Å². The summed E-state index contributed by atoms with van der Waals surface area (Å²) in [4.78, 5) is 8.41. The topological polar surface area (TPSA) is 67.3 Å². The van der Waals surface area contributed by atoms with E-state index in [0.29, 0.717) is 22.1 Å². The lowest BCUT2D eigenvalue weighted by Gasteiger charge is -2.09. The predicted molar refractivity (Wildman–Crippen MR) is 82.5 cm³/mol. The molecule has 3 rings (SSSR count). The molecule has 0 saturated carbocycles. The van der Waals surface area contributed by atoms with Crippen molar-refractivity contribution in [3.63, 3.8) is 0 Å². The van der Waals surface area contributed by atoms with E-state index < -0.39 is 0 Å². The number of phenols is 1. The highest BCUT2D eigenvalue weighted by molar-refractivity contribution is 6.29. The number of hydrogen-bond donors (Lipinski definition) is 2. The molecule has 2 N–H and O–H groups in total. The number of aromatic nitrogens is 2. The number of nitrogens with zero attached hydrogens (tertiary/aromatic N) is 2. The highest BCUT2D eigenvalue weighted by Crippen LogP contribution is 2.28. The maximum absolute atomic E-state index is 9.65. The Labute approximate surface area is 126 Å². The lowest BCUT2D eigenvalue weighted by molar-refractivity contribution is 0.408. The average molecular weight is 302 g/mol. The molecule has 106 valence electrons. The van der Waals surface area contributed by atoms with E-state index in [1.54, 1.807) is 19.2 Å². The van der Waals surface area contributed by atoms with Crippen LogP contribution >= 0.6 is 11.6 Å². The van der Waals surface area contributed by atoms with Crippen molar-refractivity contribution < 1.29 is 9.84 Å². The van der Waals surface area contributed by atoms with E-state index in [0.717, 1.165) is 11.2 Å². The molecule has 1 aromatic heterocycles. The van der Waals surface area contributed by atoms with Crippen molar-refractivity contribution in [1.82, 2.24) is 9.97 Å². The van der Waals surface area contributed by atoms with Gasteiger partial charge >= 0.3 is 0 Å². The Balaban J connectivity index is 1.96. The molecule has 5 nitrogen and oxygen atoms in total. The highest BCUT2D eigenvalue weighted by Gasteiger charge is 2.03. The number of methoxy groups -OCH3 is 1. The average Bonchev–Trinajstić information content (AvgIpc) is 2.46. The zero-order valence-electron chi connectivity index (χ0n) is 11.2. The molecule has 2 aromatic carbocycles. The Bertz CT molecular complexity index is 808. The molecule has 0 amide bonds. The summed E-state index contributed by atoms with van der Waals surface area (Å²) in [5.41, 5.74) is 2.98. The van der Waals surface area contributed by atoms with Crippen LogP contribution in [-0.4, -0.2) is 22.2 Å². The largest absolute Gasteiger partial charge is 0.508 e. The minimum Gasteiger partial charge on any atom is -0.508 e. The van der Waals surface area contributed by atoms with E-state index in [4.69, 9.17) is 16.3 Å². The van der Waals surface area contributed by atoms with Gasteiger partial charge in [0, 0.05) is 29.6 Å². The summed E-state index contributed by atoms with van der Waals surface area (Å²) < 4.78 is 5.12. The number of halogens is 1. The van der Waals surface area contributed by atoms with E-state index >= 15 is 0 Å². The molecule has 21 heavy (non-hydrogen) atoms. The van der Waals surface area contributed by atoms with Gasteiger partial charge in [0.05, 0.1) is 24.3 Å². The summed E-state index contributed by atoms with van der Waals surface area (Å²) in [6, 6.07) is 10.5. The summed E-state index contributed by atoms with van der Waals surface area (Å²) in [5, 5.41) is 13.2. The molecule has 0 aliphatic heterocycles. The van der Waals surface area contributed by atoms with Crippen molar-refractivity contribution >= 4 is 34.0 Å². The molecule has 0 aliphatic rings. The predicted octanol–water partition coefficient (Wildman–Crippen LogP) is 3.74. The minimum absolute atomic E-state index is 0.125. The van der Waals surface area contributed by atoms with Gasteiger partial charge in [0.25, 0.3) is 0 Å². The first-order valence-corrected chi connectivity index (χ1v) is 6.59. The number of fused-ring (bicyclic) bond motifs is 1. The minimum atomic E-state index is 0.125. The first-order chi connectivity index (χ1) is 10.1. The fraction of sp³-hybridized carbons (Fsp3) is 0.0667. The second-order valence-corrected chi connectivity index (χ2v) is 4.83. The molecule has 0 radical (unpaired) electrons. The molecule has 1 heterocycles. The third-order valence-corrected chi connectivity index (χ3v) is 3.11. The molecule has 6 heteroatoms. The number of phenolic OH excluding ortho intramolecular Hbond substituents is 1. The van der Waals surface area contributed by atoms with Gasteiger partial charge in [-0.3, -0.25) is 4.98 Å². The van der Waals surface area contributed by atoms with Gasteiger partial charge in [-0.25, -0.2) is 4.98 Å². The van der Waals surface area contributed by atoms with E-state index in [-0.39, 0.29) is 5.75 Å². The van der Waals surface area contributed by atoms with Crippen molar-refractivity contribution in [2.24, 2.45) is 0 Å². The first-order valence-electron chi connectivity index (χ1n) is 6.21. The quantitative estimate of drug-likeness (QED) is 0.771. The smallest absolute Gasteiger partial charge is 0.148 e. The molecular formula is C15H12ClN3O2. The van der Waals surface area contributed by atoms with Crippen molar-refractivity contribution in [2.45, 2.75) is 0 Å². The maximum Gasteiger partial charge on any atom is 0.148 e. The molecule has 0 saturated heterocycles. The summed E-state index contributed by atoms with van der Waals surface area (Å²) in [7, 11) is 1.55. The number of ether oxygens (including phenoxy) is 1. The molecule has 0 atom stereocenters. The monoisotopic (exact) mass is 301 g/mol. The fourth-order valence-electron chi connectivity index (χ4n) is 2.01. The molecule has 0 aliphatic carbocycles. The number of aromatic hydroxyl groups is 1. The van der Waals surface area contributed by atoms with E-state index in [2.05, 4.69) is 15.3 Å². The van der Waals surface area contributed by atoms with Crippen LogP contribution < -0.4 is 10.1 Å². The molecule has 3 aromatic rings. The molecule has 0 fully saturated rings. The lowest BCUT2D eigenvalue weighted by Crippen LogP contribution is -1.93. The van der Waals surface area contributed by atoms with Crippen molar-refractivity contribution in [3.05, 3.63) is 47.7 Å². The Hall–Kier alpha value is -2.53. The summed E-state index contributed by atoms with van der Waals surface area (Å²) in [6.45, 7) is 0. The van der Waals surface area contributed by atoms with Crippen LogP contribution in [-0.2, 0) is 0 Å². The number of hydrogen-bond acceptors (Lipinski definition) is 5. The zero-order valence-corrected chi connectivity index (χ0v) is 11.9. The lowest BCUT2D eigenvalue weighted by atomic mass is 10.2. The highest BCUT2D eigenvalue weighted by atomic mass is 35.5. The van der Waals surface area contributed by atoms with Crippen LogP contribution in [0.15, 0.2) is 42.6 Å². The van der Waals surface area contributed by atoms with Gasteiger partial charge in [-0.15, -0.1) is 0 Å². The van der Waals surface area contributed by atoms with Gasteiger partial charge in [-0.1, -0.05) is 11.6 Å². The van der Waals surface area contributed by atoms with Gasteiger partial charge < -0.3 is 15.2 Å². The zero-order chi connectivity index (χ0) is 14.8. The van der Waals surface area contributed by atoms with E-state index in [9.17, 15) is 5.11 Å². The second kappa shape index (κ2) is 5.46. The molecular weight excluding hydrogens is 290 g/mol. The number of benzene rings is 2. The molecule has 0 bridgehead atoms. The van der Waals surface area contributed by atoms with Crippen molar-refractivity contribution in [1.29, 1.82) is 0 Å². The summed E-state index contributed by atoms with van der Waals surface area (Å²) in [5.74, 6) is 0.696.